The lowest BCUT2D eigenvalue weighted by molar-refractivity contribution is 1.29. The summed E-state index contributed by atoms with van der Waals surface area (Å²) in [7, 11) is 0. The molecule has 0 atom stereocenters. The Labute approximate surface area is 116 Å². The van der Waals surface area contributed by atoms with Crippen molar-refractivity contribution in [2.24, 2.45) is 5.73 Å². The van der Waals surface area contributed by atoms with Gasteiger partial charge in [-0.3, -0.25) is 0 Å². The van der Waals surface area contributed by atoms with Crippen molar-refractivity contribution in [1.82, 2.24) is 4.98 Å². The molecule has 0 aliphatic heterocycles. The summed E-state index contributed by atoms with van der Waals surface area (Å²) in [4.78, 5) is 5.85. The van der Waals surface area contributed by atoms with Crippen molar-refractivity contribution in [1.29, 1.82) is 0 Å². The van der Waals surface area contributed by atoms with Crippen LogP contribution in [0, 0.1) is 0 Å². The molecule has 0 bridgehead atoms. The molecule has 1 heterocycles. The smallest absolute Gasteiger partial charge is 0.130 e. The second-order valence-electron chi connectivity index (χ2n) is 3.65. The van der Waals surface area contributed by atoms with E-state index in [9.17, 15) is 0 Å². The molecule has 92 valence electrons. The first kappa shape index (κ1) is 12.9. The molecule has 0 aliphatic carbocycles. The normalized spacial score (nSPS) is 10.1. The summed E-state index contributed by atoms with van der Waals surface area (Å²) in [5, 5.41) is 3.22. The first-order valence-electron chi connectivity index (χ1n) is 5.36. The number of benzene rings is 1. The molecular weight excluding hydrogens is 262 g/mol. The van der Waals surface area contributed by atoms with E-state index in [2.05, 4.69) is 28.7 Å². The molecule has 0 spiro atoms. The van der Waals surface area contributed by atoms with Gasteiger partial charge in [0.15, 0.2) is 0 Å². The topological polar surface area (TPSA) is 50.9 Å². The van der Waals surface area contributed by atoms with Gasteiger partial charge in [0.25, 0.3) is 0 Å². The maximum atomic E-state index is 5.52. The minimum Gasteiger partial charge on any atom is -0.389 e. The van der Waals surface area contributed by atoms with Gasteiger partial charge in [0.2, 0.25) is 0 Å². The van der Waals surface area contributed by atoms with Crippen molar-refractivity contribution in [3.8, 4) is 0 Å². The van der Waals surface area contributed by atoms with E-state index in [0.29, 0.717) is 4.99 Å². The van der Waals surface area contributed by atoms with Crippen LogP contribution in [0.1, 0.15) is 5.56 Å². The Morgan fingerprint density at radius 2 is 1.94 bits per heavy atom. The van der Waals surface area contributed by atoms with Gasteiger partial charge < -0.3 is 11.1 Å². The van der Waals surface area contributed by atoms with E-state index < -0.39 is 0 Å². The Morgan fingerprint density at radius 3 is 2.44 bits per heavy atom. The SMILES string of the molecule is CSc1ccc(Nc2ccc(C(N)=S)cn2)cc1. The third kappa shape index (κ3) is 3.21. The van der Waals surface area contributed by atoms with Crippen LogP contribution >= 0.6 is 24.0 Å². The van der Waals surface area contributed by atoms with E-state index >= 15 is 0 Å². The van der Waals surface area contributed by atoms with Gasteiger partial charge in [-0.25, -0.2) is 4.98 Å². The molecule has 0 aliphatic rings. The number of thiocarbonyl (C=S) groups is 1. The Kier molecular flexibility index (Phi) is 4.17. The molecule has 1 aromatic carbocycles. The number of rotatable bonds is 4. The fourth-order valence-corrected chi connectivity index (χ4v) is 1.96. The Hall–Kier alpha value is -1.59. The number of hydrogen-bond donors (Lipinski definition) is 2. The van der Waals surface area contributed by atoms with Crippen LogP contribution in [0.4, 0.5) is 11.5 Å². The predicted octanol–water partition coefficient (Wildman–Crippen LogP) is 3.18. The van der Waals surface area contributed by atoms with Gasteiger partial charge in [-0.2, -0.15) is 0 Å². The zero-order valence-electron chi connectivity index (χ0n) is 9.88. The van der Waals surface area contributed by atoms with Gasteiger partial charge in [0.05, 0.1) is 0 Å². The molecule has 1 aromatic heterocycles. The van der Waals surface area contributed by atoms with Crippen molar-refractivity contribution in [2.45, 2.75) is 4.90 Å². The maximum Gasteiger partial charge on any atom is 0.130 e. The summed E-state index contributed by atoms with van der Waals surface area (Å²) in [6.07, 6.45) is 3.72. The fraction of sp³-hybridized carbons (Fsp3) is 0.0769. The molecule has 5 heteroatoms. The monoisotopic (exact) mass is 275 g/mol. The summed E-state index contributed by atoms with van der Waals surface area (Å²) in [6, 6.07) is 11.9. The first-order valence-corrected chi connectivity index (χ1v) is 6.99. The quantitative estimate of drug-likeness (QED) is 0.663. The van der Waals surface area contributed by atoms with Crippen molar-refractivity contribution >= 4 is 40.5 Å². The summed E-state index contributed by atoms with van der Waals surface area (Å²) in [5.41, 5.74) is 7.29. The molecule has 0 amide bonds. The number of nitrogens with two attached hydrogens (primary N) is 1. The summed E-state index contributed by atoms with van der Waals surface area (Å²) in [6.45, 7) is 0. The van der Waals surface area contributed by atoms with E-state index in [1.54, 1.807) is 18.0 Å². The van der Waals surface area contributed by atoms with Crippen LogP contribution in [-0.4, -0.2) is 16.2 Å². The average Bonchev–Trinajstić information content (AvgIpc) is 2.40. The Morgan fingerprint density at radius 1 is 1.22 bits per heavy atom. The average molecular weight is 275 g/mol. The Balaban J connectivity index is 2.10. The van der Waals surface area contributed by atoms with Crippen LogP contribution in [0.2, 0.25) is 0 Å². The molecule has 0 unspecified atom stereocenters. The number of anilines is 2. The van der Waals surface area contributed by atoms with Gasteiger partial charge in [0, 0.05) is 22.3 Å². The largest absolute Gasteiger partial charge is 0.389 e. The second kappa shape index (κ2) is 5.84. The number of hydrogen-bond acceptors (Lipinski definition) is 4. The lowest BCUT2D eigenvalue weighted by Crippen LogP contribution is -2.09. The third-order valence-electron chi connectivity index (χ3n) is 2.41. The minimum atomic E-state index is 0.360. The molecule has 3 N–H and O–H groups in total. The van der Waals surface area contributed by atoms with Crippen LogP contribution in [0.5, 0.6) is 0 Å². The van der Waals surface area contributed by atoms with Crippen molar-refractivity contribution < 1.29 is 0 Å². The third-order valence-corrected chi connectivity index (χ3v) is 3.39. The zero-order valence-corrected chi connectivity index (χ0v) is 11.5. The number of pyridine rings is 1. The van der Waals surface area contributed by atoms with Crippen molar-refractivity contribution in [2.75, 3.05) is 11.6 Å². The predicted molar refractivity (Wildman–Crippen MR) is 81.6 cm³/mol. The van der Waals surface area contributed by atoms with Gasteiger partial charge >= 0.3 is 0 Å². The Bertz CT molecular complexity index is 535. The lowest BCUT2D eigenvalue weighted by atomic mass is 10.3. The molecule has 0 fully saturated rings. The number of thioether (sulfide) groups is 1. The molecule has 0 saturated heterocycles. The van der Waals surface area contributed by atoms with Crippen LogP contribution in [0.25, 0.3) is 0 Å². The molecule has 2 aromatic rings. The molecule has 0 saturated carbocycles. The van der Waals surface area contributed by atoms with Crippen molar-refractivity contribution in [3.05, 3.63) is 48.2 Å². The second-order valence-corrected chi connectivity index (χ2v) is 4.97. The van der Waals surface area contributed by atoms with Crippen LogP contribution in [-0.2, 0) is 0 Å². The van der Waals surface area contributed by atoms with Gasteiger partial charge in [0.1, 0.15) is 10.8 Å². The van der Waals surface area contributed by atoms with Crippen LogP contribution < -0.4 is 11.1 Å². The van der Waals surface area contributed by atoms with Gasteiger partial charge in [-0.15, -0.1) is 11.8 Å². The maximum absolute atomic E-state index is 5.52. The standard InChI is InChI=1S/C13H13N3S2/c1-18-11-5-3-10(4-6-11)16-12-7-2-9(8-15-12)13(14)17/h2-8H,1H3,(H2,14,17)(H,15,16). The molecule has 18 heavy (non-hydrogen) atoms. The summed E-state index contributed by atoms with van der Waals surface area (Å²) in [5.74, 6) is 0.770. The molecule has 2 rings (SSSR count). The van der Waals surface area contributed by atoms with E-state index in [1.807, 2.05) is 24.3 Å². The highest BCUT2D eigenvalue weighted by molar-refractivity contribution is 7.98. The molecular formula is C13H13N3S2. The zero-order chi connectivity index (χ0) is 13.0. The van der Waals surface area contributed by atoms with Crippen LogP contribution in [0.15, 0.2) is 47.5 Å². The van der Waals surface area contributed by atoms with Gasteiger partial charge in [-0.05, 0) is 42.7 Å². The lowest BCUT2D eigenvalue weighted by Gasteiger charge is -2.06. The molecule has 3 nitrogen and oxygen atoms in total. The highest BCUT2D eigenvalue weighted by atomic mass is 32.2. The summed E-state index contributed by atoms with van der Waals surface area (Å²) < 4.78 is 0. The number of nitrogens with zero attached hydrogens (tertiary/aromatic N) is 1. The highest BCUT2D eigenvalue weighted by Crippen LogP contribution is 2.19. The minimum absolute atomic E-state index is 0.360. The number of nitrogens with one attached hydrogen (secondary N) is 1. The van der Waals surface area contributed by atoms with Gasteiger partial charge in [-0.1, -0.05) is 12.2 Å². The van der Waals surface area contributed by atoms with E-state index in [4.69, 9.17) is 18.0 Å². The first-order chi connectivity index (χ1) is 8.69. The molecule has 0 radical (unpaired) electrons. The fourth-order valence-electron chi connectivity index (χ4n) is 1.44. The van der Waals surface area contributed by atoms with Crippen molar-refractivity contribution in [3.63, 3.8) is 0 Å². The summed E-state index contributed by atoms with van der Waals surface area (Å²) >= 11 is 6.60. The number of aromatic nitrogens is 1. The highest BCUT2D eigenvalue weighted by Gasteiger charge is 1.99. The van der Waals surface area contributed by atoms with E-state index in [0.717, 1.165) is 17.1 Å². The van der Waals surface area contributed by atoms with E-state index in [-0.39, 0.29) is 0 Å². The van der Waals surface area contributed by atoms with E-state index in [1.165, 1.54) is 4.90 Å². The van der Waals surface area contributed by atoms with Crippen LogP contribution in [0.3, 0.4) is 0 Å².